The summed E-state index contributed by atoms with van der Waals surface area (Å²) < 4.78 is 16.5. The lowest BCUT2D eigenvalue weighted by molar-refractivity contribution is -0.167. The summed E-state index contributed by atoms with van der Waals surface area (Å²) in [7, 11) is 0. The van der Waals surface area contributed by atoms with Crippen molar-refractivity contribution in [3.8, 4) is 0 Å². The molecule has 0 aromatic carbocycles. The molecule has 0 aliphatic carbocycles. The largest absolute Gasteiger partial charge is 0.462 e. The van der Waals surface area contributed by atoms with Crippen molar-refractivity contribution < 1.29 is 28.6 Å². The van der Waals surface area contributed by atoms with Crippen molar-refractivity contribution in [1.82, 2.24) is 0 Å². The first-order valence-corrected chi connectivity index (χ1v) is 18.7. The highest BCUT2D eigenvalue weighted by molar-refractivity contribution is 5.71. The first kappa shape index (κ1) is 42.1. The van der Waals surface area contributed by atoms with Gasteiger partial charge in [0.05, 0.1) is 0 Å². The fourth-order valence-electron chi connectivity index (χ4n) is 5.15. The van der Waals surface area contributed by atoms with E-state index in [9.17, 15) is 14.4 Å². The molecule has 0 aliphatic rings. The van der Waals surface area contributed by atoms with Gasteiger partial charge in [0.2, 0.25) is 0 Å². The number of allylic oxidation sites excluding steroid dienone is 2. The smallest absolute Gasteiger partial charge is 0.306 e. The van der Waals surface area contributed by atoms with Crippen molar-refractivity contribution in [1.29, 1.82) is 0 Å². The molecule has 6 heteroatoms. The molecule has 1 atom stereocenters. The molecule has 0 saturated carbocycles. The van der Waals surface area contributed by atoms with Gasteiger partial charge in [-0.1, -0.05) is 148 Å². The van der Waals surface area contributed by atoms with Gasteiger partial charge in [0.1, 0.15) is 13.2 Å². The Morgan fingerprint density at radius 2 is 0.795 bits per heavy atom. The number of hydrogen-bond acceptors (Lipinski definition) is 6. The molecule has 0 spiro atoms. The first-order chi connectivity index (χ1) is 21.5. The molecule has 0 amide bonds. The Morgan fingerprint density at radius 1 is 0.432 bits per heavy atom. The number of rotatable bonds is 33. The summed E-state index contributed by atoms with van der Waals surface area (Å²) in [5, 5.41) is 0. The predicted octanol–water partition coefficient (Wildman–Crippen LogP) is 11.1. The van der Waals surface area contributed by atoms with Crippen LogP contribution in [0.15, 0.2) is 12.2 Å². The van der Waals surface area contributed by atoms with Gasteiger partial charge in [0, 0.05) is 19.3 Å². The lowest BCUT2D eigenvalue weighted by Crippen LogP contribution is -2.30. The van der Waals surface area contributed by atoms with Crippen molar-refractivity contribution in [2.45, 2.75) is 200 Å². The van der Waals surface area contributed by atoms with Gasteiger partial charge in [-0.3, -0.25) is 14.4 Å². The van der Waals surface area contributed by atoms with Crippen LogP contribution in [0.3, 0.4) is 0 Å². The van der Waals surface area contributed by atoms with Gasteiger partial charge in [-0.15, -0.1) is 0 Å². The monoisotopic (exact) mass is 623 g/mol. The lowest BCUT2D eigenvalue weighted by Gasteiger charge is -2.18. The fraction of sp³-hybridized carbons (Fsp3) is 0.868. The minimum atomic E-state index is -0.760. The van der Waals surface area contributed by atoms with Gasteiger partial charge < -0.3 is 14.2 Å². The van der Waals surface area contributed by atoms with Crippen LogP contribution in [0.5, 0.6) is 0 Å². The van der Waals surface area contributed by atoms with Crippen LogP contribution in [0.4, 0.5) is 0 Å². The van der Waals surface area contributed by atoms with Crippen LogP contribution in [0.25, 0.3) is 0 Å². The minimum Gasteiger partial charge on any atom is -0.462 e. The van der Waals surface area contributed by atoms with Crippen LogP contribution in [-0.2, 0) is 28.6 Å². The molecule has 0 bridgehead atoms. The van der Waals surface area contributed by atoms with Crippen molar-refractivity contribution in [2.24, 2.45) is 0 Å². The Labute approximate surface area is 271 Å². The number of unbranched alkanes of at least 4 members (excludes halogenated alkanes) is 20. The van der Waals surface area contributed by atoms with Crippen LogP contribution >= 0.6 is 0 Å². The molecule has 0 rings (SSSR count). The zero-order valence-electron chi connectivity index (χ0n) is 29.2. The number of hydrogen-bond donors (Lipinski definition) is 0. The van der Waals surface area contributed by atoms with E-state index in [2.05, 4.69) is 32.9 Å². The maximum Gasteiger partial charge on any atom is 0.306 e. The highest BCUT2D eigenvalue weighted by Gasteiger charge is 2.19. The highest BCUT2D eigenvalue weighted by atomic mass is 16.6. The van der Waals surface area contributed by atoms with E-state index in [1.54, 1.807) is 0 Å². The Balaban J connectivity index is 4.36. The molecule has 44 heavy (non-hydrogen) atoms. The molecular weight excluding hydrogens is 552 g/mol. The highest BCUT2D eigenvalue weighted by Crippen LogP contribution is 2.13. The average molecular weight is 623 g/mol. The zero-order valence-corrected chi connectivity index (χ0v) is 29.2. The topological polar surface area (TPSA) is 78.9 Å². The Morgan fingerprint density at radius 3 is 1.23 bits per heavy atom. The fourth-order valence-corrected chi connectivity index (χ4v) is 5.15. The van der Waals surface area contributed by atoms with Gasteiger partial charge in [-0.2, -0.15) is 0 Å². The molecule has 0 radical (unpaired) electrons. The predicted molar refractivity (Wildman–Crippen MR) is 183 cm³/mol. The first-order valence-electron chi connectivity index (χ1n) is 18.7. The van der Waals surface area contributed by atoms with E-state index in [0.29, 0.717) is 19.3 Å². The minimum absolute atomic E-state index is 0.0704. The molecular formula is C38H70O6. The van der Waals surface area contributed by atoms with Crippen LogP contribution < -0.4 is 0 Å². The summed E-state index contributed by atoms with van der Waals surface area (Å²) in [6.45, 7) is 6.48. The molecule has 6 nitrogen and oxygen atoms in total. The third kappa shape index (κ3) is 31.6. The van der Waals surface area contributed by atoms with Crippen molar-refractivity contribution >= 4 is 17.9 Å². The SMILES string of the molecule is CCC/C=C\CCCCCCCC(=O)OCC(COC(=O)CCCCCCCCCC)OC(=O)CCCCCCCCCC. The third-order valence-electron chi connectivity index (χ3n) is 8.00. The molecule has 0 heterocycles. The average Bonchev–Trinajstić information content (AvgIpc) is 3.02. The van der Waals surface area contributed by atoms with Gasteiger partial charge >= 0.3 is 17.9 Å². The number of ether oxygens (including phenoxy) is 3. The van der Waals surface area contributed by atoms with Crippen molar-refractivity contribution in [3.05, 3.63) is 12.2 Å². The van der Waals surface area contributed by atoms with E-state index >= 15 is 0 Å². The van der Waals surface area contributed by atoms with Crippen LogP contribution in [0.1, 0.15) is 194 Å². The molecule has 258 valence electrons. The second kappa shape index (κ2) is 34.0. The molecule has 0 aliphatic heterocycles. The Hall–Kier alpha value is -1.85. The van der Waals surface area contributed by atoms with Crippen LogP contribution in [-0.4, -0.2) is 37.2 Å². The van der Waals surface area contributed by atoms with E-state index in [1.807, 2.05) is 0 Å². The number of carbonyl (C=O) groups is 3. The standard InChI is InChI=1S/C38H70O6/c1-4-7-10-13-16-19-20-23-25-28-31-37(40)43-34-35(44-38(41)32-29-26-22-18-15-12-9-6-3)33-42-36(39)30-27-24-21-17-14-11-8-5-2/h10,13,35H,4-9,11-12,14-34H2,1-3H3/b13-10-. The molecule has 0 N–H and O–H groups in total. The molecule has 0 aromatic rings. The summed E-state index contributed by atoms with van der Waals surface area (Å²) in [6.07, 6.45) is 32.1. The number of carbonyl (C=O) groups excluding carboxylic acids is 3. The van der Waals surface area contributed by atoms with Crippen LogP contribution in [0, 0.1) is 0 Å². The van der Waals surface area contributed by atoms with Crippen LogP contribution in [0.2, 0.25) is 0 Å². The Kier molecular flexibility index (Phi) is 32.6. The van der Waals surface area contributed by atoms with E-state index in [4.69, 9.17) is 14.2 Å². The lowest BCUT2D eigenvalue weighted by atomic mass is 10.1. The van der Waals surface area contributed by atoms with Crippen molar-refractivity contribution in [3.63, 3.8) is 0 Å². The summed E-state index contributed by atoms with van der Waals surface area (Å²) in [5.74, 6) is -0.894. The molecule has 0 saturated heterocycles. The maximum atomic E-state index is 12.5. The summed E-state index contributed by atoms with van der Waals surface area (Å²) in [6, 6.07) is 0. The van der Waals surface area contributed by atoms with Gasteiger partial charge in [-0.05, 0) is 38.5 Å². The van der Waals surface area contributed by atoms with E-state index in [1.165, 1.54) is 83.5 Å². The van der Waals surface area contributed by atoms with Crippen molar-refractivity contribution in [2.75, 3.05) is 13.2 Å². The van der Waals surface area contributed by atoms with E-state index < -0.39 is 6.10 Å². The molecule has 0 fully saturated rings. The summed E-state index contributed by atoms with van der Waals surface area (Å²) in [5.41, 5.74) is 0. The second-order valence-electron chi connectivity index (χ2n) is 12.5. The maximum absolute atomic E-state index is 12.5. The second-order valence-corrected chi connectivity index (χ2v) is 12.5. The number of esters is 3. The quantitative estimate of drug-likeness (QED) is 0.0313. The summed E-state index contributed by atoms with van der Waals surface area (Å²) in [4.78, 5) is 37.2. The van der Waals surface area contributed by atoms with Gasteiger partial charge in [0.15, 0.2) is 6.10 Å². The summed E-state index contributed by atoms with van der Waals surface area (Å²) >= 11 is 0. The normalized spacial score (nSPS) is 12.0. The Bertz CT molecular complexity index is 689. The molecule has 1 unspecified atom stereocenters. The zero-order chi connectivity index (χ0) is 32.4. The van der Waals surface area contributed by atoms with Gasteiger partial charge in [0.25, 0.3) is 0 Å². The van der Waals surface area contributed by atoms with Gasteiger partial charge in [-0.25, -0.2) is 0 Å². The van der Waals surface area contributed by atoms with E-state index in [-0.39, 0.29) is 31.1 Å². The third-order valence-corrected chi connectivity index (χ3v) is 8.00. The van der Waals surface area contributed by atoms with E-state index in [0.717, 1.165) is 70.6 Å². The molecule has 0 aromatic heterocycles.